The molecule has 0 spiro atoms. The molecule has 1 atom stereocenters. The Balaban J connectivity index is 2.57. The molecule has 0 fully saturated rings. The van der Waals surface area contributed by atoms with E-state index in [1.807, 2.05) is 18.8 Å². The maximum atomic E-state index is 5.65. The highest BCUT2D eigenvalue weighted by Gasteiger charge is 2.12. The zero-order valence-electron chi connectivity index (χ0n) is 11.7. The van der Waals surface area contributed by atoms with Crippen molar-refractivity contribution < 1.29 is 4.74 Å². The molecule has 0 saturated heterocycles. The Kier molecular flexibility index (Phi) is 5.65. The number of likely N-dealkylation sites (N-methyl/N-ethyl adjacent to an activating group) is 1. The molecule has 0 aliphatic rings. The maximum absolute atomic E-state index is 5.65. The van der Waals surface area contributed by atoms with Crippen molar-refractivity contribution in [3.63, 3.8) is 0 Å². The summed E-state index contributed by atoms with van der Waals surface area (Å²) in [6, 6.07) is 2.53. The minimum atomic E-state index is 0.281. The van der Waals surface area contributed by atoms with Crippen LogP contribution < -0.4 is 5.32 Å². The van der Waals surface area contributed by atoms with Crippen molar-refractivity contribution in [2.75, 3.05) is 13.7 Å². The lowest BCUT2D eigenvalue weighted by atomic mass is 10.1. The molecule has 17 heavy (non-hydrogen) atoms. The van der Waals surface area contributed by atoms with Gasteiger partial charge in [-0.1, -0.05) is 6.92 Å². The lowest BCUT2D eigenvalue weighted by molar-refractivity contribution is 0.0624. The van der Waals surface area contributed by atoms with Crippen LogP contribution in [0.1, 0.15) is 32.2 Å². The first-order chi connectivity index (χ1) is 8.06. The second-order valence-electron chi connectivity index (χ2n) is 4.68. The maximum Gasteiger partial charge on any atom is 0.0626 e. The summed E-state index contributed by atoms with van der Waals surface area (Å²) in [5.74, 6) is 0. The standard InChI is InChI=1S/C13H25N3O/c1-6-11-7-13(16(5)15-11)8-12(14-4)9-17-10(2)3/h7,10,12,14H,6,8-9H2,1-5H3. The molecule has 0 radical (unpaired) electrons. The summed E-state index contributed by atoms with van der Waals surface area (Å²) >= 11 is 0. The SMILES string of the molecule is CCc1cc(CC(COC(C)C)NC)n(C)n1. The molecule has 1 aromatic rings. The topological polar surface area (TPSA) is 39.1 Å². The van der Waals surface area contributed by atoms with Crippen LogP contribution in [0, 0.1) is 0 Å². The Morgan fingerprint density at radius 2 is 2.18 bits per heavy atom. The van der Waals surface area contributed by atoms with Gasteiger partial charge in [0.15, 0.2) is 0 Å². The fourth-order valence-electron chi connectivity index (χ4n) is 1.74. The van der Waals surface area contributed by atoms with E-state index in [2.05, 4.69) is 37.3 Å². The van der Waals surface area contributed by atoms with Crippen LogP contribution in [-0.2, 0) is 24.6 Å². The van der Waals surface area contributed by atoms with E-state index in [-0.39, 0.29) is 6.10 Å². The van der Waals surface area contributed by atoms with E-state index in [1.165, 1.54) is 5.69 Å². The van der Waals surface area contributed by atoms with Gasteiger partial charge in [0.2, 0.25) is 0 Å². The summed E-state index contributed by atoms with van der Waals surface area (Å²) in [5.41, 5.74) is 2.41. The van der Waals surface area contributed by atoms with E-state index < -0.39 is 0 Å². The predicted molar refractivity (Wildman–Crippen MR) is 70.2 cm³/mol. The summed E-state index contributed by atoms with van der Waals surface area (Å²) in [5, 5.41) is 7.75. The number of nitrogens with one attached hydrogen (secondary N) is 1. The molecule has 0 bridgehead atoms. The molecule has 1 N–H and O–H groups in total. The van der Waals surface area contributed by atoms with Crippen LogP contribution in [0.25, 0.3) is 0 Å². The third-order valence-corrected chi connectivity index (χ3v) is 2.88. The van der Waals surface area contributed by atoms with Crippen molar-refractivity contribution >= 4 is 0 Å². The van der Waals surface area contributed by atoms with Crippen molar-refractivity contribution in [3.05, 3.63) is 17.5 Å². The zero-order chi connectivity index (χ0) is 12.8. The van der Waals surface area contributed by atoms with Gasteiger partial charge in [0.25, 0.3) is 0 Å². The third-order valence-electron chi connectivity index (χ3n) is 2.88. The lowest BCUT2D eigenvalue weighted by Crippen LogP contribution is -2.34. The molecule has 1 rings (SSSR count). The Morgan fingerprint density at radius 1 is 1.47 bits per heavy atom. The van der Waals surface area contributed by atoms with Crippen molar-refractivity contribution in [2.24, 2.45) is 7.05 Å². The smallest absolute Gasteiger partial charge is 0.0626 e. The van der Waals surface area contributed by atoms with Gasteiger partial charge in [-0.15, -0.1) is 0 Å². The van der Waals surface area contributed by atoms with E-state index in [4.69, 9.17) is 4.74 Å². The fourth-order valence-corrected chi connectivity index (χ4v) is 1.74. The highest BCUT2D eigenvalue weighted by Crippen LogP contribution is 2.07. The van der Waals surface area contributed by atoms with E-state index in [1.54, 1.807) is 0 Å². The fraction of sp³-hybridized carbons (Fsp3) is 0.769. The van der Waals surface area contributed by atoms with Gasteiger partial charge in [-0.05, 0) is 33.4 Å². The van der Waals surface area contributed by atoms with Crippen LogP contribution in [0.4, 0.5) is 0 Å². The number of ether oxygens (including phenoxy) is 1. The van der Waals surface area contributed by atoms with Gasteiger partial charge in [0.05, 0.1) is 18.4 Å². The zero-order valence-corrected chi connectivity index (χ0v) is 11.7. The molecule has 0 amide bonds. The van der Waals surface area contributed by atoms with Gasteiger partial charge in [-0.2, -0.15) is 5.10 Å². The average Bonchev–Trinajstić information content (AvgIpc) is 2.65. The number of aryl methyl sites for hydroxylation is 2. The number of hydrogen-bond acceptors (Lipinski definition) is 3. The van der Waals surface area contributed by atoms with Crippen LogP contribution in [0.5, 0.6) is 0 Å². The molecule has 0 aliphatic heterocycles. The van der Waals surface area contributed by atoms with Crippen LogP contribution in [-0.4, -0.2) is 35.6 Å². The van der Waals surface area contributed by atoms with Gasteiger partial charge < -0.3 is 10.1 Å². The summed E-state index contributed by atoms with van der Waals surface area (Å²) in [6.45, 7) is 6.99. The number of rotatable bonds is 7. The molecule has 1 heterocycles. The largest absolute Gasteiger partial charge is 0.377 e. The van der Waals surface area contributed by atoms with E-state index in [0.717, 1.165) is 25.1 Å². The minimum Gasteiger partial charge on any atom is -0.377 e. The Hall–Kier alpha value is -0.870. The first-order valence-corrected chi connectivity index (χ1v) is 6.37. The van der Waals surface area contributed by atoms with Crippen molar-refractivity contribution in [3.8, 4) is 0 Å². The van der Waals surface area contributed by atoms with Crippen molar-refractivity contribution in [1.29, 1.82) is 0 Å². The van der Waals surface area contributed by atoms with Gasteiger partial charge in [-0.3, -0.25) is 4.68 Å². The molecule has 98 valence electrons. The molecule has 0 aliphatic carbocycles. The molecular weight excluding hydrogens is 214 g/mol. The van der Waals surface area contributed by atoms with Crippen LogP contribution >= 0.6 is 0 Å². The quantitative estimate of drug-likeness (QED) is 0.784. The van der Waals surface area contributed by atoms with E-state index >= 15 is 0 Å². The van der Waals surface area contributed by atoms with Gasteiger partial charge in [0.1, 0.15) is 0 Å². The van der Waals surface area contributed by atoms with Crippen molar-refractivity contribution in [2.45, 2.75) is 45.8 Å². The van der Waals surface area contributed by atoms with E-state index in [9.17, 15) is 0 Å². The van der Waals surface area contributed by atoms with Crippen LogP contribution in [0.15, 0.2) is 6.07 Å². The normalized spacial score (nSPS) is 13.3. The van der Waals surface area contributed by atoms with Gasteiger partial charge in [-0.25, -0.2) is 0 Å². The molecule has 1 aromatic heterocycles. The highest BCUT2D eigenvalue weighted by atomic mass is 16.5. The summed E-state index contributed by atoms with van der Waals surface area (Å²) in [4.78, 5) is 0. The number of nitrogens with zero attached hydrogens (tertiary/aromatic N) is 2. The lowest BCUT2D eigenvalue weighted by Gasteiger charge is -2.18. The molecule has 1 unspecified atom stereocenters. The van der Waals surface area contributed by atoms with Gasteiger partial charge in [0, 0.05) is 25.2 Å². The van der Waals surface area contributed by atoms with Gasteiger partial charge >= 0.3 is 0 Å². The Labute approximate surface area is 104 Å². The van der Waals surface area contributed by atoms with Crippen molar-refractivity contribution in [1.82, 2.24) is 15.1 Å². The monoisotopic (exact) mass is 239 g/mol. The number of hydrogen-bond donors (Lipinski definition) is 1. The molecule has 0 saturated carbocycles. The molecular formula is C13H25N3O. The molecule has 4 heteroatoms. The van der Waals surface area contributed by atoms with Crippen LogP contribution in [0.2, 0.25) is 0 Å². The first-order valence-electron chi connectivity index (χ1n) is 6.37. The summed E-state index contributed by atoms with van der Waals surface area (Å²) in [7, 11) is 3.98. The second kappa shape index (κ2) is 6.77. The van der Waals surface area contributed by atoms with Crippen LogP contribution in [0.3, 0.4) is 0 Å². The highest BCUT2D eigenvalue weighted by molar-refractivity contribution is 5.11. The molecule has 0 aromatic carbocycles. The summed E-state index contributed by atoms with van der Waals surface area (Å²) in [6.07, 6.45) is 2.22. The minimum absolute atomic E-state index is 0.281. The first kappa shape index (κ1) is 14.2. The summed E-state index contributed by atoms with van der Waals surface area (Å²) < 4.78 is 7.62. The number of aromatic nitrogens is 2. The third kappa shape index (κ3) is 4.48. The Bertz CT molecular complexity index is 333. The Morgan fingerprint density at radius 3 is 2.65 bits per heavy atom. The van der Waals surface area contributed by atoms with E-state index in [0.29, 0.717) is 6.04 Å². The predicted octanol–water partition coefficient (Wildman–Crippen LogP) is 1.54. The molecule has 4 nitrogen and oxygen atoms in total. The average molecular weight is 239 g/mol. The second-order valence-corrected chi connectivity index (χ2v) is 4.68.